The monoisotopic (exact) mass is 250 g/mol. The molecule has 0 radical (unpaired) electrons. The summed E-state index contributed by atoms with van der Waals surface area (Å²) in [7, 11) is 1.81. The number of unbranched alkanes of at least 4 members (excludes halogenated alkanes) is 1. The second kappa shape index (κ2) is 10.1. The minimum Gasteiger partial charge on any atom is -0.381 e. The summed E-state index contributed by atoms with van der Waals surface area (Å²) in [5.41, 5.74) is 1.25. The van der Waals surface area contributed by atoms with Crippen molar-refractivity contribution in [2.24, 2.45) is 0 Å². The van der Waals surface area contributed by atoms with Gasteiger partial charge in [0.25, 0.3) is 0 Å². The molecule has 1 atom stereocenters. The number of hydrogen-bond acceptors (Lipinski definition) is 2. The van der Waals surface area contributed by atoms with Crippen LogP contribution in [0.5, 0.6) is 0 Å². The second-order valence-electron chi connectivity index (χ2n) is 4.68. The Morgan fingerprint density at radius 3 is 2.50 bits per heavy atom. The van der Waals surface area contributed by atoms with Crippen LogP contribution in [-0.4, -0.2) is 19.8 Å². The summed E-state index contributed by atoms with van der Waals surface area (Å²) in [6, 6.07) is 10.3. The fourth-order valence-corrected chi connectivity index (χ4v) is 2.04. The van der Waals surface area contributed by atoms with Crippen LogP contribution < -0.4 is 0 Å². The van der Waals surface area contributed by atoms with E-state index in [0.29, 0.717) is 6.10 Å². The van der Waals surface area contributed by atoms with Crippen molar-refractivity contribution in [3.05, 3.63) is 35.9 Å². The lowest BCUT2D eigenvalue weighted by atomic mass is 10.1. The first-order valence-electron chi connectivity index (χ1n) is 7.01. The third-order valence-corrected chi connectivity index (χ3v) is 3.12. The van der Waals surface area contributed by atoms with Crippen LogP contribution in [0, 0.1) is 0 Å². The molecule has 2 heteroatoms. The quantitative estimate of drug-likeness (QED) is 0.580. The van der Waals surface area contributed by atoms with E-state index in [1.807, 2.05) is 25.3 Å². The molecule has 1 unspecified atom stereocenters. The number of hydrogen-bond donors (Lipinski definition) is 0. The van der Waals surface area contributed by atoms with Gasteiger partial charge < -0.3 is 9.47 Å². The lowest BCUT2D eigenvalue weighted by Crippen LogP contribution is -2.10. The van der Waals surface area contributed by atoms with Gasteiger partial charge >= 0.3 is 0 Å². The van der Waals surface area contributed by atoms with Gasteiger partial charge in [0.2, 0.25) is 0 Å². The van der Waals surface area contributed by atoms with E-state index >= 15 is 0 Å². The van der Waals surface area contributed by atoms with Crippen molar-refractivity contribution >= 4 is 0 Å². The maximum Gasteiger partial charge on any atom is 0.0716 e. The first-order chi connectivity index (χ1) is 8.86. The van der Waals surface area contributed by atoms with E-state index in [0.717, 1.165) is 26.1 Å². The largest absolute Gasteiger partial charge is 0.381 e. The molecule has 0 aliphatic rings. The van der Waals surface area contributed by atoms with Crippen molar-refractivity contribution in [2.45, 2.75) is 51.7 Å². The Bertz CT molecular complexity index is 284. The van der Waals surface area contributed by atoms with Crippen molar-refractivity contribution < 1.29 is 9.47 Å². The maximum atomic E-state index is 5.65. The van der Waals surface area contributed by atoms with Gasteiger partial charge in [-0.15, -0.1) is 0 Å². The summed E-state index contributed by atoms with van der Waals surface area (Å²) in [4.78, 5) is 0. The van der Waals surface area contributed by atoms with Gasteiger partial charge in [-0.05, 0) is 31.2 Å². The molecule has 0 N–H and O–H groups in total. The number of ether oxygens (including phenoxy) is 2. The van der Waals surface area contributed by atoms with Crippen LogP contribution in [0.4, 0.5) is 0 Å². The zero-order valence-corrected chi connectivity index (χ0v) is 11.7. The third-order valence-electron chi connectivity index (χ3n) is 3.12. The molecule has 102 valence electrons. The highest BCUT2D eigenvalue weighted by Crippen LogP contribution is 2.10. The topological polar surface area (TPSA) is 18.5 Å². The molecule has 0 spiro atoms. The smallest absolute Gasteiger partial charge is 0.0716 e. The van der Waals surface area contributed by atoms with Crippen LogP contribution in [0.25, 0.3) is 0 Å². The summed E-state index contributed by atoms with van der Waals surface area (Å²) >= 11 is 0. The molecular weight excluding hydrogens is 224 g/mol. The SMILES string of the molecule is CCCC(CCCCOCc1ccccc1)OC. The van der Waals surface area contributed by atoms with Crippen LogP contribution in [0.1, 0.15) is 44.6 Å². The van der Waals surface area contributed by atoms with Crippen molar-refractivity contribution in [2.75, 3.05) is 13.7 Å². The van der Waals surface area contributed by atoms with Gasteiger partial charge in [0, 0.05) is 13.7 Å². The Labute approximate surface area is 111 Å². The average Bonchev–Trinajstić information content (AvgIpc) is 2.42. The number of methoxy groups -OCH3 is 1. The highest BCUT2D eigenvalue weighted by atomic mass is 16.5. The molecule has 0 saturated carbocycles. The molecule has 18 heavy (non-hydrogen) atoms. The van der Waals surface area contributed by atoms with E-state index < -0.39 is 0 Å². The fourth-order valence-electron chi connectivity index (χ4n) is 2.04. The zero-order chi connectivity index (χ0) is 13.1. The molecule has 0 fully saturated rings. The Kier molecular flexibility index (Phi) is 8.53. The fraction of sp³-hybridized carbons (Fsp3) is 0.625. The summed E-state index contributed by atoms with van der Waals surface area (Å²) in [6.07, 6.45) is 6.26. The lowest BCUT2D eigenvalue weighted by molar-refractivity contribution is 0.0774. The molecule has 0 amide bonds. The normalized spacial score (nSPS) is 12.6. The highest BCUT2D eigenvalue weighted by Gasteiger charge is 2.04. The van der Waals surface area contributed by atoms with Crippen LogP contribution >= 0.6 is 0 Å². The Morgan fingerprint density at radius 2 is 1.83 bits per heavy atom. The predicted octanol–water partition coefficient (Wildman–Crippen LogP) is 4.19. The molecule has 0 aliphatic carbocycles. The standard InChI is InChI=1S/C16H26O2/c1-3-9-16(17-2)12-7-8-13-18-14-15-10-5-4-6-11-15/h4-6,10-11,16H,3,7-9,12-14H2,1-2H3. The summed E-state index contributed by atoms with van der Waals surface area (Å²) in [5, 5.41) is 0. The van der Waals surface area contributed by atoms with Gasteiger partial charge in [-0.25, -0.2) is 0 Å². The number of benzene rings is 1. The van der Waals surface area contributed by atoms with E-state index in [1.54, 1.807) is 0 Å². The highest BCUT2D eigenvalue weighted by molar-refractivity contribution is 5.13. The van der Waals surface area contributed by atoms with Crippen molar-refractivity contribution in [1.82, 2.24) is 0 Å². The maximum absolute atomic E-state index is 5.65. The zero-order valence-electron chi connectivity index (χ0n) is 11.7. The molecule has 0 heterocycles. The molecule has 1 aromatic rings. The van der Waals surface area contributed by atoms with Gasteiger partial charge in [0.1, 0.15) is 0 Å². The van der Waals surface area contributed by atoms with E-state index in [1.165, 1.54) is 24.8 Å². The van der Waals surface area contributed by atoms with Crippen molar-refractivity contribution in [1.29, 1.82) is 0 Å². The van der Waals surface area contributed by atoms with E-state index in [2.05, 4.69) is 19.1 Å². The molecule has 0 saturated heterocycles. The van der Waals surface area contributed by atoms with Gasteiger partial charge in [-0.1, -0.05) is 43.7 Å². The third kappa shape index (κ3) is 6.77. The first-order valence-corrected chi connectivity index (χ1v) is 7.01. The molecule has 0 aromatic heterocycles. The van der Waals surface area contributed by atoms with Gasteiger partial charge in [0.05, 0.1) is 12.7 Å². The average molecular weight is 250 g/mol. The van der Waals surface area contributed by atoms with E-state index in [4.69, 9.17) is 9.47 Å². The Hall–Kier alpha value is -0.860. The van der Waals surface area contributed by atoms with Gasteiger partial charge in [-0.3, -0.25) is 0 Å². The molecule has 2 nitrogen and oxygen atoms in total. The molecule has 1 aromatic carbocycles. The van der Waals surface area contributed by atoms with Crippen molar-refractivity contribution in [3.8, 4) is 0 Å². The molecule has 0 bridgehead atoms. The lowest BCUT2D eigenvalue weighted by Gasteiger charge is -2.13. The van der Waals surface area contributed by atoms with Crippen molar-refractivity contribution in [3.63, 3.8) is 0 Å². The molecular formula is C16H26O2. The summed E-state index contributed by atoms with van der Waals surface area (Å²) in [6.45, 7) is 3.77. The second-order valence-corrected chi connectivity index (χ2v) is 4.68. The van der Waals surface area contributed by atoms with Crippen LogP contribution in [0.2, 0.25) is 0 Å². The van der Waals surface area contributed by atoms with Crippen LogP contribution in [0.3, 0.4) is 0 Å². The molecule has 0 aliphatic heterocycles. The summed E-state index contributed by atoms with van der Waals surface area (Å²) in [5.74, 6) is 0. The Morgan fingerprint density at radius 1 is 1.06 bits per heavy atom. The minimum absolute atomic E-state index is 0.434. The van der Waals surface area contributed by atoms with Gasteiger partial charge in [-0.2, -0.15) is 0 Å². The van der Waals surface area contributed by atoms with E-state index in [9.17, 15) is 0 Å². The first kappa shape index (κ1) is 15.2. The minimum atomic E-state index is 0.434. The van der Waals surface area contributed by atoms with Crippen LogP contribution in [-0.2, 0) is 16.1 Å². The van der Waals surface area contributed by atoms with Gasteiger partial charge in [0.15, 0.2) is 0 Å². The van der Waals surface area contributed by atoms with E-state index in [-0.39, 0.29) is 0 Å². The summed E-state index contributed by atoms with van der Waals surface area (Å²) < 4.78 is 11.1. The predicted molar refractivity (Wildman–Crippen MR) is 75.7 cm³/mol. The van der Waals surface area contributed by atoms with Crippen LogP contribution in [0.15, 0.2) is 30.3 Å². The molecule has 1 rings (SSSR count). The number of rotatable bonds is 10. The Balaban J connectivity index is 1.98.